The van der Waals surface area contributed by atoms with Gasteiger partial charge in [-0.2, -0.15) is 0 Å². The molecule has 1 N–H and O–H groups in total. The highest BCUT2D eigenvalue weighted by Gasteiger charge is 2.14. The summed E-state index contributed by atoms with van der Waals surface area (Å²) in [5, 5.41) is 2.92. The fraction of sp³-hybridized carbons (Fsp3) is 0.364. The highest BCUT2D eigenvalue weighted by molar-refractivity contribution is 5.92. The van der Waals surface area contributed by atoms with Crippen LogP contribution in [0.2, 0.25) is 0 Å². The molecule has 0 heterocycles. The zero-order valence-electron chi connectivity index (χ0n) is 15.8. The Kier molecular flexibility index (Phi) is 6.12. The molecule has 1 amide bonds. The van der Waals surface area contributed by atoms with Gasteiger partial charge in [-0.3, -0.25) is 4.79 Å². The number of carbonyl (C=O) groups is 2. The third kappa shape index (κ3) is 4.67. The van der Waals surface area contributed by atoms with Crippen LogP contribution in [0.4, 0.5) is 0 Å². The van der Waals surface area contributed by atoms with Crippen LogP contribution in [0.5, 0.6) is 5.75 Å². The lowest BCUT2D eigenvalue weighted by molar-refractivity contribution is -0.120. The fourth-order valence-corrected chi connectivity index (χ4v) is 3.48. The minimum Gasteiger partial charge on any atom is -0.496 e. The number of carbonyl (C=O) groups excluding carboxylic acids is 2. The lowest BCUT2D eigenvalue weighted by atomic mass is 9.90. The Bertz CT molecular complexity index is 844. The molecule has 0 saturated carbocycles. The van der Waals surface area contributed by atoms with E-state index >= 15 is 0 Å². The first kappa shape index (κ1) is 19.0. The van der Waals surface area contributed by atoms with E-state index in [1.165, 1.54) is 38.2 Å². The van der Waals surface area contributed by atoms with Gasteiger partial charge in [-0.25, -0.2) is 4.79 Å². The number of hydrogen-bond acceptors (Lipinski definition) is 4. The number of ether oxygens (including phenoxy) is 2. The first-order chi connectivity index (χ1) is 13.1. The number of hydrogen-bond donors (Lipinski definition) is 1. The summed E-state index contributed by atoms with van der Waals surface area (Å²) in [5.74, 6) is -0.0544. The van der Waals surface area contributed by atoms with Crippen molar-refractivity contribution >= 4 is 11.9 Å². The average molecular weight is 367 g/mol. The smallest absolute Gasteiger partial charge is 0.341 e. The fourth-order valence-electron chi connectivity index (χ4n) is 3.48. The minimum atomic E-state index is -0.464. The second-order valence-electron chi connectivity index (χ2n) is 6.79. The summed E-state index contributed by atoms with van der Waals surface area (Å²) < 4.78 is 9.96. The Morgan fingerprint density at radius 1 is 0.963 bits per heavy atom. The standard InChI is InChI=1S/C22H25NO4/c1-26-20-10-8-16(12-19(20)22(25)27-2)14-23-21(24)13-15-7-9-17-5-3-4-6-18(17)11-15/h7-12H,3-6,13-14H2,1-2H3,(H,23,24). The number of rotatable bonds is 6. The first-order valence-corrected chi connectivity index (χ1v) is 9.23. The van der Waals surface area contributed by atoms with Gasteiger partial charge in [0.2, 0.25) is 5.91 Å². The summed E-state index contributed by atoms with van der Waals surface area (Å²) in [5.41, 5.74) is 5.00. The number of amides is 1. The van der Waals surface area contributed by atoms with E-state index in [0.29, 0.717) is 24.3 Å². The molecule has 5 nitrogen and oxygen atoms in total. The first-order valence-electron chi connectivity index (χ1n) is 9.23. The van der Waals surface area contributed by atoms with Crippen molar-refractivity contribution in [1.82, 2.24) is 5.32 Å². The molecule has 0 aliphatic heterocycles. The van der Waals surface area contributed by atoms with Gasteiger partial charge in [0.1, 0.15) is 11.3 Å². The number of methoxy groups -OCH3 is 2. The van der Waals surface area contributed by atoms with Crippen molar-refractivity contribution in [2.45, 2.75) is 38.6 Å². The van der Waals surface area contributed by atoms with Gasteiger partial charge >= 0.3 is 5.97 Å². The second kappa shape index (κ2) is 8.71. The molecule has 0 fully saturated rings. The van der Waals surface area contributed by atoms with E-state index in [1.54, 1.807) is 12.1 Å². The molecule has 0 spiro atoms. The molecular formula is C22H25NO4. The molecule has 0 aromatic heterocycles. The lowest BCUT2D eigenvalue weighted by Crippen LogP contribution is -2.24. The molecule has 5 heteroatoms. The lowest BCUT2D eigenvalue weighted by Gasteiger charge is -2.16. The van der Waals surface area contributed by atoms with Gasteiger partial charge in [-0.1, -0.05) is 24.3 Å². The number of fused-ring (bicyclic) bond motifs is 1. The van der Waals surface area contributed by atoms with Crippen molar-refractivity contribution < 1.29 is 19.1 Å². The Morgan fingerprint density at radius 3 is 2.44 bits per heavy atom. The molecule has 0 bridgehead atoms. The summed E-state index contributed by atoms with van der Waals surface area (Å²) in [6.45, 7) is 0.345. The molecule has 27 heavy (non-hydrogen) atoms. The van der Waals surface area contributed by atoms with E-state index in [-0.39, 0.29) is 5.91 Å². The van der Waals surface area contributed by atoms with Crippen LogP contribution in [0.15, 0.2) is 36.4 Å². The highest BCUT2D eigenvalue weighted by Crippen LogP contribution is 2.23. The largest absolute Gasteiger partial charge is 0.496 e. The third-order valence-electron chi connectivity index (χ3n) is 4.94. The SMILES string of the molecule is COC(=O)c1cc(CNC(=O)Cc2ccc3c(c2)CCCC3)ccc1OC. The van der Waals surface area contributed by atoms with Gasteiger partial charge in [0.25, 0.3) is 0 Å². The topological polar surface area (TPSA) is 64.6 Å². The van der Waals surface area contributed by atoms with Crippen LogP contribution in [0, 0.1) is 0 Å². The molecule has 0 atom stereocenters. The summed E-state index contributed by atoms with van der Waals surface area (Å²) in [4.78, 5) is 24.2. The van der Waals surface area contributed by atoms with Gasteiger partial charge < -0.3 is 14.8 Å². The quantitative estimate of drug-likeness (QED) is 0.796. The molecule has 3 rings (SSSR count). The summed E-state index contributed by atoms with van der Waals surface area (Å²) in [6, 6.07) is 11.6. The maximum atomic E-state index is 12.3. The molecule has 0 saturated heterocycles. The Morgan fingerprint density at radius 2 is 1.70 bits per heavy atom. The third-order valence-corrected chi connectivity index (χ3v) is 4.94. The van der Waals surface area contributed by atoms with E-state index in [9.17, 15) is 9.59 Å². The van der Waals surface area contributed by atoms with Crippen molar-refractivity contribution in [3.8, 4) is 5.75 Å². The van der Waals surface area contributed by atoms with Crippen LogP contribution >= 0.6 is 0 Å². The number of aryl methyl sites for hydroxylation is 2. The van der Waals surface area contributed by atoms with Gasteiger partial charge in [0.15, 0.2) is 0 Å². The average Bonchev–Trinajstić information content (AvgIpc) is 2.71. The van der Waals surface area contributed by atoms with Gasteiger partial charge in [0, 0.05) is 6.54 Å². The van der Waals surface area contributed by atoms with E-state index in [0.717, 1.165) is 24.0 Å². The predicted molar refractivity (Wildman–Crippen MR) is 103 cm³/mol. The monoisotopic (exact) mass is 367 g/mol. The number of esters is 1. The molecular weight excluding hydrogens is 342 g/mol. The molecule has 2 aromatic carbocycles. The van der Waals surface area contributed by atoms with Crippen LogP contribution in [-0.2, 0) is 35.3 Å². The second-order valence-corrected chi connectivity index (χ2v) is 6.79. The normalized spacial score (nSPS) is 12.8. The van der Waals surface area contributed by atoms with E-state index in [1.807, 2.05) is 12.1 Å². The molecule has 0 unspecified atom stereocenters. The van der Waals surface area contributed by atoms with Crippen LogP contribution in [0.3, 0.4) is 0 Å². The van der Waals surface area contributed by atoms with Crippen molar-refractivity contribution in [2.75, 3.05) is 14.2 Å². The summed E-state index contributed by atoms with van der Waals surface area (Å²) >= 11 is 0. The van der Waals surface area contributed by atoms with E-state index < -0.39 is 5.97 Å². The van der Waals surface area contributed by atoms with Crippen molar-refractivity contribution in [3.63, 3.8) is 0 Å². The molecule has 1 aliphatic rings. The van der Waals surface area contributed by atoms with Gasteiger partial charge in [-0.05, 0) is 60.1 Å². The minimum absolute atomic E-state index is 0.0406. The predicted octanol–water partition coefficient (Wildman–Crippen LogP) is 3.22. The Hall–Kier alpha value is -2.82. The summed E-state index contributed by atoms with van der Waals surface area (Å²) in [7, 11) is 2.83. The van der Waals surface area contributed by atoms with Gasteiger partial charge in [-0.15, -0.1) is 0 Å². The maximum Gasteiger partial charge on any atom is 0.341 e. The van der Waals surface area contributed by atoms with E-state index in [4.69, 9.17) is 9.47 Å². The Balaban J connectivity index is 1.61. The van der Waals surface area contributed by atoms with Crippen LogP contribution in [0.25, 0.3) is 0 Å². The zero-order chi connectivity index (χ0) is 19.2. The summed E-state index contributed by atoms with van der Waals surface area (Å²) in [6.07, 6.45) is 5.08. The van der Waals surface area contributed by atoms with Crippen molar-refractivity contribution in [3.05, 3.63) is 64.2 Å². The molecule has 142 valence electrons. The Labute approximate surface area is 159 Å². The highest BCUT2D eigenvalue weighted by atomic mass is 16.5. The van der Waals surface area contributed by atoms with Crippen LogP contribution in [-0.4, -0.2) is 26.1 Å². The molecule has 0 radical (unpaired) electrons. The van der Waals surface area contributed by atoms with E-state index in [2.05, 4.69) is 17.4 Å². The number of nitrogens with one attached hydrogen (secondary N) is 1. The van der Waals surface area contributed by atoms with Crippen LogP contribution < -0.4 is 10.1 Å². The number of benzene rings is 2. The van der Waals surface area contributed by atoms with Gasteiger partial charge in [0.05, 0.1) is 20.6 Å². The van der Waals surface area contributed by atoms with Crippen molar-refractivity contribution in [2.24, 2.45) is 0 Å². The maximum absolute atomic E-state index is 12.3. The van der Waals surface area contributed by atoms with Crippen molar-refractivity contribution in [1.29, 1.82) is 0 Å². The molecule has 2 aromatic rings. The molecule has 1 aliphatic carbocycles. The zero-order valence-corrected chi connectivity index (χ0v) is 15.8. The van der Waals surface area contributed by atoms with Crippen LogP contribution in [0.1, 0.15) is 45.5 Å².